The summed E-state index contributed by atoms with van der Waals surface area (Å²) in [4.78, 5) is 0. The van der Waals surface area contributed by atoms with Crippen LogP contribution in [0.5, 0.6) is 11.5 Å². The molecule has 0 amide bonds. The molecule has 0 heterocycles. The highest BCUT2D eigenvalue weighted by atomic mass is 16.3. The molecule has 3 aromatic rings. The first-order valence-electron chi connectivity index (χ1n) is 15.2. The van der Waals surface area contributed by atoms with Crippen molar-refractivity contribution in [1.82, 2.24) is 0 Å². The fraction of sp³-hybridized carbons (Fsp3) is 0.556. The zero-order chi connectivity index (χ0) is 27.7. The van der Waals surface area contributed by atoms with Crippen LogP contribution in [0.15, 0.2) is 48.0 Å². The van der Waals surface area contributed by atoms with Gasteiger partial charge in [0.05, 0.1) is 0 Å². The average molecular weight is 517 g/mol. The molecule has 0 saturated carbocycles. The molecule has 0 aliphatic heterocycles. The molecular weight excluding hydrogens is 464 g/mol. The molecule has 0 aromatic heterocycles. The Hall–Kier alpha value is -2.48. The minimum atomic E-state index is 0.287. The van der Waals surface area contributed by atoms with Gasteiger partial charge in [-0.25, -0.2) is 0 Å². The fourth-order valence-corrected chi connectivity index (χ4v) is 5.72. The second-order valence-electron chi connectivity index (χ2n) is 12.6. The topological polar surface area (TPSA) is 40.5 Å². The summed E-state index contributed by atoms with van der Waals surface area (Å²) in [5, 5.41) is 25.3. The van der Waals surface area contributed by atoms with Crippen LogP contribution in [0.1, 0.15) is 110 Å². The van der Waals surface area contributed by atoms with Gasteiger partial charge in [0.1, 0.15) is 11.5 Å². The minimum Gasteiger partial charge on any atom is -0.507 e. The molecule has 2 nitrogen and oxygen atoms in total. The van der Waals surface area contributed by atoms with Gasteiger partial charge < -0.3 is 10.2 Å². The first-order chi connectivity index (χ1) is 18.2. The second-order valence-corrected chi connectivity index (χ2v) is 12.6. The van der Waals surface area contributed by atoms with Crippen LogP contribution in [0, 0.1) is 17.8 Å². The van der Waals surface area contributed by atoms with E-state index in [9.17, 15) is 10.2 Å². The van der Waals surface area contributed by atoms with Gasteiger partial charge >= 0.3 is 0 Å². The van der Waals surface area contributed by atoms with Crippen molar-refractivity contribution >= 4 is 21.5 Å². The molecule has 0 aliphatic carbocycles. The molecule has 3 aromatic carbocycles. The van der Waals surface area contributed by atoms with Crippen molar-refractivity contribution in [2.24, 2.45) is 17.8 Å². The highest BCUT2D eigenvalue weighted by Gasteiger charge is 2.14. The standard InChI is InChI=1S/C36H52O2/c1-25(2)11-7-13-27(5)15-9-17-29-19-21-31-33(23-29)35(37)32-22-20-30(24-34(32)36(31)38)18-10-16-28(6)14-8-12-26(3)4/h11,19-24,26-28,37-38H,7-10,12-18H2,1-6H3. The Labute approximate surface area is 232 Å². The lowest BCUT2D eigenvalue weighted by atomic mass is 9.92. The summed E-state index contributed by atoms with van der Waals surface area (Å²) in [5.74, 6) is 2.85. The number of hydrogen-bond donors (Lipinski definition) is 2. The number of aryl methyl sites for hydroxylation is 2. The molecule has 0 radical (unpaired) electrons. The van der Waals surface area contributed by atoms with Crippen molar-refractivity contribution in [2.75, 3.05) is 0 Å². The van der Waals surface area contributed by atoms with Crippen molar-refractivity contribution < 1.29 is 10.2 Å². The average Bonchev–Trinajstić information content (AvgIpc) is 2.86. The van der Waals surface area contributed by atoms with Crippen LogP contribution in [-0.4, -0.2) is 10.2 Å². The number of hydrogen-bond acceptors (Lipinski definition) is 2. The summed E-state index contributed by atoms with van der Waals surface area (Å²) in [6, 6.07) is 12.4. The molecule has 0 saturated heterocycles. The normalized spacial score (nSPS) is 13.3. The van der Waals surface area contributed by atoms with E-state index in [1.54, 1.807) is 0 Å². The summed E-state index contributed by atoms with van der Waals surface area (Å²) in [6.07, 6.45) is 15.5. The third kappa shape index (κ3) is 8.79. The van der Waals surface area contributed by atoms with E-state index in [2.05, 4.69) is 71.9 Å². The monoisotopic (exact) mass is 516 g/mol. The molecule has 2 unspecified atom stereocenters. The number of fused-ring (bicyclic) bond motifs is 2. The highest BCUT2D eigenvalue weighted by Crippen LogP contribution is 2.42. The first kappa shape index (κ1) is 30.1. The predicted octanol–water partition coefficient (Wildman–Crippen LogP) is 10.9. The highest BCUT2D eigenvalue weighted by molar-refractivity contribution is 6.10. The Morgan fingerprint density at radius 3 is 1.58 bits per heavy atom. The van der Waals surface area contributed by atoms with Crippen molar-refractivity contribution in [3.05, 3.63) is 59.2 Å². The Kier molecular flexibility index (Phi) is 11.6. The lowest BCUT2D eigenvalue weighted by Gasteiger charge is -2.14. The number of rotatable bonds is 15. The maximum Gasteiger partial charge on any atom is 0.131 e. The first-order valence-corrected chi connectivity index (χ1v) is 15.2. The van der Waals surface area contributed by atoms with E-state index in [0.717, 1.165) is 65.0 Å². The SMILES string of the molecule is CC(C)=CCCC(C)CCCc1ccc2c(O)c3cc(CCCC(C)CCCC(C)C)ccc3c(O)c2c1. The smallest absolute Gasteiger partial charge is 0.131 e. The van der Waals surface area contributed by atoms with Crippen molar-refractivity contribution in [1.29, 1.82) is 0 Å². The maximum atomic E-state index is 11.2. The van der Waals surface area contributed by atoms with Crippen LogP contribution in [0.2, 0.25) is 0 Å². The van der Waals surface area contributed by atoms with Gasteiger partial charge in [0.2, 0.25) is 0 Å². The molecule has 0 fully saturated rings. The number of benzene rings is 3. The van der Waals surface area contributed by atoms with E-state index in [4.69, 9.17) is 0 Å². The number of phenolic OH excluding ortho intramolecular Hbond substituents is 2. The van der Waals surface area contributed by atoms with Crippen LogP contribution < -0.4 is 0 Å². The largest absolute Gasteiger partial charge is 0.507 e. The Bertz CT molecular complexity index is 1200. The summed E-state index contributed by atoms with van der Waals surface area (Å²) in [6.45, 7) is 13.7. The Balaban J connectivity index is 1.64. The lowest BCUT2D eigenvalue weighted by Crippen LogP contribution is -1.98. The van der Waals surface area contributed by atoms with Gasteiger partial charge in [0, 0.05) is 21.5 Å². The summed E-state index contributed by atoms with van der Waals surface area (Å²) >= 11 is 0. The fourth-order valence-electron chi connectivity index (χ4n) is 5.72. The quantitative estimate of drug-likeness (QED) is 0.120. The molecule has 2 atom stereocenters. The number of phenols is 2. The van der Waals surface area contributed by atoms with Crippen LogP contribution in [0.4, 0.5) is 0 Å². The minimum absolute atomic E-state index is 0.287. The summed E-state index contributed by atoms with van der Waals surface area (Å²) < 4.78 is 0. The maximum absolute atomic E-state index is 11.2. The van der Waals surface area contributed by atoms with E-state index in [0.29, 0.717) is 0 Å². The van der Waals surface area contributed by atoms with Crippen molar-refractivity contribution in [2.45, 2.75) is 112 Å². The molecule has 38 heavy (non-hydrogen) atoms. The number of aromatic hydroxyl groups is 2. The van der Waals surface area contributed by atoms with Crippen LogP contribution in [0.3, 0.4) is 0 Å². The lowest BCUT2D eigenvalue weighted by molar-refractivity contribution is 0.427. The van der Waals surface area contributed by atoms with Gasteiger partial charge in [-0.05, 0) is 93.4 Å². The molecule has 0 spiro atoms. The third-order valence-electron chi connectivity index (χ3n) is 8.20. The Morgan fingerprint density at radius 2 is 1.11 bits per heavy atom. The van der Waals surface area contributed by atoms with Gasteiger partial charge in [-0.15, -0.1) is 0 Å². The molecule has 3 rings (SSSR count). The van der Waals surface area contributed by atoms with Gasteiger partial charge in [-0.1, -0.05) is 95.7 Å². The van der Waals surface area contributed by atoms with E-state index < -0.39 is 0 Å². The molecular formula is C36H52O2. The van der Waals surface area contributed by atoms with Crippen molar-refractivity contribution in [3.8, 4) is 11.5 Å². The molecule has 2 heteroatoms. The summed E-state index contributed by atoms with van der Waals surface area (Å²) in [5.41, 5.74) is 3.86. The van der Waals surface area contributed by atoms with E-state index in [1.807, 2.05) is 12.1 Å². The van der Waals surface area contributed by atoms with Crippen LogP contribution in [-0.2, 0) is 12.8 Å². The Morgan fingerprint density at radius 1 is 0.632 bits per heavy atom. The third-order valence-corrected chi connectivity index (χ3v) is 8.20. The van der Waals surface area contributed by atoms with Gasteiger partial charge in [0.15, 0.2) is 0 Å². The van der Waals surface area contributed by atoms with Gasteiger partial charge in [-0.2, -0.15) is 0 Å². The zero-order valence-corrected chi connectivity index (χ0v) is 24.9. The zero-order valence-electron chi connectivity index (χ0n) is 24.9. The van der Waals surface area contributed by atoms with E-state index in [-0.39, 0.29) is 11.5 Å². The van der Waals surface area contributed by atoms with Gasteiger partial charge in [-0.3, -0.25) is 0 Å². The molecule has 208 valence electrons. The number of allylic oxidation sites excluding steroid dienone is 2. The van der Waals surface area contributed by atoms with Crippen LogP contribution in [0.25, 0.3) is 21.5 Å². The van der Waals surface area contributed by atoms with Crippen molar-refractivity contribution in [3.63, 3.8) is 0 Å². The molecule has 0 bridgehead atoms. The second kappa shape index (κ2) is 14.6. The molecule has 2 N–H and O–H groups in total. The predicted molar refractivity (Wildman–Crippen MR) is 166 cm³/mol. The van der Waals surface area contributed by atoms with Gasteiger partial charge in [0.25, 0.3) is 0 Å². The van der Waals surface area contributed by atoms with E-state index >= 15 is 0 Å². The molecule has 0 aliphatic rings. The summed E-state index contributed by atoms with van der Waals surface area (Å²) in [7, 11) is 0. The van der Waals surface area contributed by atoms with E-state index in [1.165, 1.54) is 61.6 Å². The van der Waals surface area contributed by atoms with Crippen LogP contribution >= 0.6 is 0 Å².